The van der Waals surface area contributed by atoms with Crippen molar-refractivity contribution in [2.75, 3.05) is 23.8 Å². The van der Waals surface area contributed by atoms with Crippen LogP contribution in [-0.4, -0.2) is 36.5 Å². The van der Waals surface area contributed by atoms with Crippen molar-refractivity contribution in [1.29, 1.82) is 0 Å². The fraction of sp³-hybridized carbons (Fsp3) is 0.333. The van der Waals surface area contributed by atoms with E-state index in [9.17, 15) is 22.8 Å². The van der Waals surface area contributed by atoms with E-state index in [1.165, 1.54) is 12.1 Å². The van der Waals surface area contributed by atoms with E-state index >= 15 is 0 Å². The first-order valence-corrected chi connectivity index (χ1v) is 9.42. The highest BCUT2D eigenvalue weighted by Gasteiger charge is 2.37. The maximum Gasteiger partial charge on any atom is 0.416 e. The fourth-order valence-corrected chi connectivity index (χ4v) is 3.96. The molecule has 0 spiro atoms. The molecule has 2 amide bonds. The molecule has 0 radical (unpaired) electrons. The second-order valence-corrected chi connectivity index (χ2v) is 7.35. The summed E-state index contributed by atoms with van der Waals surface area (Å²) in [6, 6.07) is 9.15. The van der Waals surface area contributed by atoms with Gasteiger partial charge in [-0.15, -0.1) is 0 Å². The second-order valence-electron chi connectivity index (χ2n) is 7.35. The predicted molar refractivity (Wildman–Crippen MR) is 103 cm³/mol. The van der Waals surface area contributed by atoms with Gasteiger partial charge in [0.1, 0.15) is 6.17 Å². The second kappa shape index (κ2) is 7.09. The molecule has 29 heavy (non-hydrogen) atoms. The summed E-state index contributed by atoms with van der Waals surface area (Å²) in [6.45, 7) is 0.726. The molecule has 2 aromatic carbocycles. The zero-order valence-corrected chi connectivity index (χ0v) is 15.8. The average Bonchev–Trinajstić information content (AvgIpc) is 2.71. The van der Waals surface area contributed by atoms with Gasteiger partial charge < -0.3 is 15.1 Å². The topological polar surface area (TPSA) is 52.7 Å². The summed E-state index contributed by atoms with van der Waals surface area (Å²) < 4.78 is 38.0. The van der Waals surface area contributed by atoms with E-state index in [0.29, 0.717) is 16.8 Å². The lowest BCUT2D eigenvalue weighted by molar-refractivity contribution is -0.137. The maximum absolute atomic E-state index is 12.8. The molecular weight excluding hydrogens is 383 g/mol. The number of rotatable bonds is 2. The predicted octanol–water partition coefficient (Wildman–Crippen LogP) is 4.36. The van der Waals surface area contributed by atoms with Crippen LogP contribution in [0.2, 0.25) is 0 Å². The van der Waals surface area contributed by atoms with Gasteiger partial charge in [0.05, 0.1) is 16.8 Å². The standard InChI is InChI=1S/C21H20F3N3O2/c1-26-17-12-13(5-10-16(17)20(29)27-11-3-2-4-18(26)27)19(28)25-15-8-6-14(7-9-15)21(22,23)24/h5-10,12,18H,2-4,11H2,1H3,(H,25,28)/t18-/m1/s1. The summed E-state index contributed by atoms with van der Waals surface area (Å²) in [5.41, 5.74) is 1.08. The zero-order chi connectivity index (χ0) is 20.8. The van der Waals surface area contributed by atoms with Crippen molar-refractivity contribution >= 4 is 23.2 Å². The number of piperidine rings is 1. The van der Waals surface area contributed by atoms with E-state index in [1.54, 1.807) is 18.2 Å². The van der Waals surface area contributed by atoms with Crippen molar-refractivity contribution in [1.82, 2.24) is 4.90 Å². The number of amides is 2. The molecule has 1 N–H and O–H groups in total. The molecule has 2 aromatic rings. The third kappa shape index (κ3) is 3.54. The van der Waals surface area contributed by atoms with E-state index < -0.39 is 17.6 Å². The minimum Gasteiger partial charge on any atom is -0.354 e. The first-order valence-electron chi connectivity index (χ1n) is 9.42. The molecule has 0 aromatic heterocycles. The fourth-order valence-electron chi connectivity index (χ4n) is 3.96. The van der Waals surface area contributed by atoms with Crippen LogP contribution < -0.4 is 10.2 Å². The Morgan fingerprint density at radius 3 is 2.52 bits per heavy atom. The number of carbonyl (C=O) groups excluding carboxylic acids is 2. The summed E-state index contributed by atoms with van der Waals surface area (Å²) in [4.78, 5) is 29.3. The van der Waals surface area contributed by atoms with E-state index in [1.807, 2.05) is 16.8 Å². The monoisotopic (exact) mass is 403 g/mol. The van der Waals surface area contributed by atoms with Crippen molar-refractivity contribution in [3.05, 3.63) is 59.2 Å². The van der Waals surface area contributed by atoms with Crippen molar-refractivity contribution in [2.24, 2.45) is 0 Å². The summed E-state index contributed by atoms with van der Waals surface area (Å²) in [5.74, 6) is -0.475. The third-order valence-corrected chi connectivity index (χ3v) is 5.52. The van der Waals surface area contributed by atoms with Crippen molar-refractivity contribution < 1.29 is 22.8 Å². The van der Waals surface area contributed by atoms with E-state index in [2.05, 4.69) is 5.32 Å². The lowest BCUT2D eigenvalue weighted by atomic mass is 9.97. The zero-order valence-electron chi connectivity index (χ0n) is 15.8. The number of hydrogen-bond donors (Lipinski definition) is 1. The molecule has 0 aliphatic carbocycles. The van der Waals surface area contributed by atoms with Gasteiger partial charge in [-0.1, -0.05) is 0 Å². The lowest BCUT2D eigenvalue weighted by Crippen LogP contribution is -2.55. The smallest absolute Gasteiger partial charge is 0.354 e. The van der Waals surface area contributed by atoms with Gasteiger partial charge in [-0.2, -0.15) is 13.2 Å². The molecule has 152 valence electrons. The number of fused-ring (bicyclic) bond motifs is 2. The lowest BCUT2D eigenvalue weighted by Gasteiger charge is -2.46. The Bertz CT molecular complexity index is 957. The molecular formula is C21H20F3N3O2. The number of anilines is 2. The quantitative estimate of drug-likeness (QED) is 0.811. The number of halogens is 3. The minimum atomic E-state index is -4.43. The summed E-state index contributed by atoms with van der Waals surface area (Å²) in [6.07, 6.45) is -1.53. The normalized spacial score (nSPS) is 18.9. The Hall–Kier alpha value is -3.03. The van der Waals surface area contributed by atoms with Crippen molar-refractivity contribution in [2.45, 2.75) is 31.6 Å². The summed E-state index contributed by atoms with van der Waals surface area (Å²) in [7, 11) is 1.91. The number of carbonyl (C=O) groups is 2. The van der Waals surface area contributed by atoms with Gasteiger partial charge in [-0.05, 0) is 61.7 Å². The number of hydrogen-bond acceptors (Lipinski definition) is 3. The Labute approximate surface area is 166 Å². The molecule has 0 saturated carbocycles. The highest BCUT2D eigenvalue weighted by atomic mass is 19.4. The van der Waals surface area contributed by atoms with Gasteiger partial charge in [0, 0.05) is 24.8 Å². The van der Waals surface area contributed by atoms with Gasteiger partial charge in [-0.25, -0.2) is 0 Å². The SMILES string of the molecule is CN1c2cc(C(=O)Nc3ccc(C(F)(F)F)cc3)ccc2C(=O)N2CCCC[C@@H]21. The van der Waals surface area contributed by atoms with Gasteiger partial charge >= 0.3 is 6.18 Å². The van der Waals surface area contributed by atoms with E-state index in [4.69, 9.17) is 0 Å². The third-order valence-electron chi connectivity index (χ3n) is 5.52. The van der Waals surface area contributed by atoms with Crippen LogP contribution >= 0.6 is 0 Å². The molecule has 1 fully saturated rings. The largest absolute Gasteiger partial charge is 0.416 e. The average molecular weight is 403 g/mol. The number of nitrogens with one attached hydrogen (secondary N) is 1. The summed E-state index contributed by atoms with van der Waals surface area (Å²) >= 11 is 0. The van der Waals surface area contributed by atoms with Gasteiger partial charge in [-0.3, -0.25) is 9.59 Å². The number of nitrogens with zero attached hydrogens (tertiary/aromatic N) is 2. The molecule has 0 bridgehead atoms. The molecule has 1 atom stereocenters. The van der Waals surface area contributed by atoms with Crippen LogP contribution in [0.25, 0.3) is 0 Å². The van der Waals surface area contributed by atoms with Crippen LogP contribution in [0.4, 0.5) is 24.5 Å². The van der Waals surface area contributed by atoms with Crippen LogP contribution in [-0.2, 0) is 6.18 Å². The van der Waals surface area contributed by atoms with Gasteiger partial charge in [0.2, 0.25) is 0 Å². The molecule has 5 nitrogen and oxygen atoms in total. The molecule has 2 aliphatic heterocycles. The van der Waals surface area contributed by atoms with Crippen LogP contribution in [0.1, 0.15) is 45.5 Å². The molecule has 0 unspecified atom stereocenters. The van der Waals surface area contributed by atoms with Gasteiger partial charge in [0.25, 0.3) is 11.8 Å². The number of benzene rings is 2. The molecule has 2 heterocycles. The molecule has 4 rings (SSSR count). The summed E-state index contributed by atoms with van der Waals surface area (Å²) in [5, 5.41) is 2.61. The van der Waals surface area contributed by atoms with Crippen molar-refractivity contribution in [3.8, 4) is 0 Å². The molecule has 1 saturated heterocycles. The maximum atomic E-state index is 12.8. The Kier molecular flexibility index (Phi) is 4.72. The van der Waals surface area contributed by atoms with Crippen LogP contribution in [0.5, 0.6) is 0 Å². The van der Waals surface area contributed by atoms with E-state index in [-0.39, 0.29) is 17.8 Å². The minimum absolute atomic E-state index is 0.0167. The van der Waals surface area contributed by atoms with Crippen LogP contribution in [0.3, 0.4) is 0 Å². The first-order chi connectivity index (χ1) is 13.8. The van der Waals surface area contributed by atoms with Crippen LogP contribution in [0, 0.1) is 0 Å². The van der Waals surface area contributed by atoms with Crippen molar-refractivity contribution in [3.63, 3.8) is 0 Å². The van der Waals surface area contributed by atoms with E-state index in [0.717, 1.165) is 37.9 Å². The Morgan fingerprint density at radius 1 is 1.10 bits per heavy atom. The van der Waals surface area contributed by atoms with Gasteiger partial charge in [0.15, 0.2) is 0 Å². The first kappa shape index (κ1) is 19.3. The van der Waals surface area contributed by atoms with Crippen LogP contribution in [0.15, 0.2) is 42.5 Å². The highest BCUT2D eigenvalue weighted by molar-refractivity contribution is 6.08. The Balaban J connectivity index is 1.56. The molecule has 2 aliphatic rings. The number of alkyl halides is 3. The molecule has 8 heteroatoms. The highest BCUT2D eigenvalue weighted by Crippen LogP contribution is 2.35. The Morgan fingerprint density at radius 2 is 1.83 bits per heavy atom.